The van der Waals surface area contributed by atoms with E-state index in [1.165, 1.54) is 0 Å². The van der Waals surface area contributed by atoms with Crippen LogP contribution in [0.15, 0.2) is 0 Å². The molecule has 104 valence electrons. The molecule has 3 rings (SSSR count). The highest BCUT2D eigenvalue weighted by Gasteiger charge is 2.76. The first-order valence-corrected chi connectivity index (χ1v) is 6.96. The molecule has 2 bridgehead atoms. The number of carbonyl (C=O) groups is 3. The topological polar surface area (TPSA) is 71.4 Å². The molecule has 0 aliphatic heterocycles. The van der Waals surface area contributed by atoms with Crippen molar-refractivity contribution in [1.29, 1.82) is 0 Å². The lowest BCUT2D eigenvalue weighted by Gasteiger charge is -2.53. The van der Waals surface area contributed by atoms with Crippen LogP contribution in [-0.4, -0.2) is 28.6 Å². The molecule has 0 saturated heterocycles. The largest absolute Gasteiger partial charge is 0.381 e. The Morgan fingerprint density at radius 2 is 1.95 bits per heavy atom. The second-order valence-electron chi connectivity index (χ2n) is 7.19. The molecular formula is C15H20O4. The molecule has 0 spiro atoms. The lowest BCUT2D eigenvalue weighted by atomic mass is 9.49. The Morgan fingerprint density at radius 1 is 1.32 bits per heavy atom. The van der Waals surface area contributed by atoms with Crippen molar-refractivity contribution >= 4 is 17.9 Å². The first-order valence-electron chi connectivity index (χ1n) is 6.96. The molecule has 0 aromatic rings. The van der Waals surface area contributed by atoms with Crippen LogP contribution in [0.4, 0.5) is 0 Å². The van der Waals surface area contributed by atoms with Crippen LogP contribution in [0, 0.1) is 28.6 Å². The molecule has 6 atom stereocenters. The van der Waals surface area contributed by atoms with Gasteiger partial charge in [0, 0.05) is 18.8 Å². The first kappa shape index (κ1) is 13.0. The monoisotopic (exact) mass is 264 g/mol. The Bertz CT molecular complexity index is 498. The molecule has 0 aromatic carbocycles. The summed E-state index contributed by atoms with van der Waals surface area (Å²) in [7, 11) is 0. The molecule has 0 heterocycles. The molecule has 1 N–H and O–H groups in total. The van der Waals surface area contributed by atoms with Crippen LogP contribution in [-0.2, 0) is 14.4 Å². The minimum absolute atomic E-state index is 0.0296. The second-order valence-corrected chi connectivity index (χ2v) is 7.19. The van der Waals surface area contributed by atoms with Gasteiger partial charge in [-0.3, -0.25) is 9.59 Å². The molecule has 1 unspecified atom stereocenters. The van der Waals surface area contributed by atoms with Crippen LogP contribution in [0.25, 0.3) is 0 Å². The Balaban J connectivity index is 2.22. The van der Waals surface area contributed by atoms with Gasteiger partial charge in [0.1, 0.15) is 17.7 Å². The number of fused-ring (bicyclic) bond motifs is 4. The van der Waals surface area contributed by atoms with Crippen molar-refractivity contribution in [2.24, 2.45) is 28.6 Å². The predicted octanol–water partition coefficient (Wildman–Crippen LogP) is 1.15. The number of ketones is 2. The molecule has 0 aromatic heterocycles. The Labute approximate surface area is 112 Å². The van der Waals surface area contributed by atoms with Crippen molar-refractivity contribution < 1.29 is 19.5 Å². The van der Waals surface area contributed by atoms with Crippen molar-refractivity contribution in [3.63, 3.8) is 0 Å². The number of Topliss-reactive ketones (excluding diaryl/α,β-unsaturated/α-hetero) is 2. The smallest absolute Gasteiger partial charge is 0.165 e. The fraction of sp³-hybridized carbons (Fsp3) is 0.800. The van der Waals surface area contributed by atoms with Crippen molar-refractivity contribution in [1.82, 2.24) is 0 Å². The highest BCUT2D eigenvalue weighted by molar-refractivity contribution is 5.99. The highest BCUT2D eigenvalue weighted by atomic mass is 16.3. The summed E-state index contributed by atoms with van der Waals surface area (Å²) in [6.07, 6.45) is 1.61. The van der Waals surface area contributed by atoms with Crippen LogP contribution in [0.2, 0.25) is 0 Å². The van der Waals surface area contributed by atoms with Gasteiger partial charge in [-0.2, -0.15) is 0 Å². The summed E-state index contributed by atoms with van der Waals surface area (Å²) in [6, 6.07) is 0. The number of aliphatic hydroxyl groups is 1. The van der Waals surface area contributed by atoms with Crippen LogP contribution in [0.1, 0.15) is 40.0 Å². The van der Waals surface area contributed by atoms with Gasteiger partial charge in [0.15, 0.2) is 5.78 Å². The van der Waals surface area contributed by atoms with Crippen LogP contribution >= 0.6 is 0 Å². The van der Waals surface area contributed by atoms with E-state index in [2.05, 4.69) is 0 Å². The molecule has 3 saturated carbocycles. The summed E-state index contributed by atoms with van der Waals surface area (Å²) < 4.78 is 0. The third-order valence-electron chi connectivity index (χ3n) is 6.52. The zero-order valence-corrected chi connectivity index (χ0v) is 11.6. The molecule has 19 heavy (non-hydrogen) atoms. The number of rotatable bonds is 1. The van der Waals surface area contributed by atoms with E-state index < -0.39 is 16.4 Å². The standard InChI is InChI=1S/C15H20O4/c1-8-4-10(17)12-9(8)5-15(19)11(18)6-13(12,2)14(15,3)7-16/h7-9,12,19H,4-6H2,1-3H3/t8-,9-,12-,13-,14?,15+/m0/s1. The molecule has 0 radical (unpaired) electrons. The van der Waals surface area contributed by atoms with Crippen LogP contribution in [0.3, 0.4) is 0 Å². The van der Waals surface area contributed by atoms with E-state index >= 15 is 0 Å². The SMILES string of the molecule is C[C@H]1CC(=O)[C@@H]2[C@H]1C[C@@]1(O)C(=O)C[C@]2(C)C1(C)C=O. The number of carbonyl (C=O) groups excluding carboxylic acids is 3. The van der Waals surface area contributed by atoms with Crippen molar-refractivity contribution in [2.45, 2.75) is 45.6 Å². The van der Waals surface area contributed by atoms with Gasteiger partial charge in [-0.15, -0.1) is 0 Å². The summed E-state index contributed by atoms with van der Waals surface area (Å²) in [5, 5.41) is 10.8. The molecule has 3 aliphatic rings. The maximum absolute atomic E-state index is 12.3. The third kappa shape index (κ3) is 1.13. The van der Waals surface area contributed by atoms with Gasteiger partial charge < -0.3 is 9.90 Å². The maximum atomic E-state index is 12.3. The summed E-state index contributed by atoms with van der Waals surface area (Å²) in [4.78, 5) is 36.3. The van der Waals surface area contributed by atoms with E-state index in [0.29, 0.717) is 12.7 Å². The van der Waals surface area contributed by atoms with Gasteiger partial charge in [-0.1, -0.05) is 13.8 Å². The average molecular weight is 264 g/mol. The van der Waals surface area contributed by atoms with E-state index in [4.69, 9.17) is 0 Å². The molecule has 3 fully saturated rings. The molecule has 0 amide bonds. The van der Waals surface area contributed by atoms with Gasteiger partial charge in [-0.05, 0) is 30.6 Å². The summed E-state index contributed by atoms with van der Waals surface area (Å²) >= 11 is 0. The summed E-state index contributed by atoms with van der Waals surface area (Å²) in [5.74, 6) is -0.152. The van der Waals surface area contributed by atoms with E-state index in [9.17, 15) is 19.5 Å². The predicted molar refractivity (Wildman–Crippen MR) is 67.2 cm³/mol. The number of aldehydes is 1. The van der Waals surface area contributed by atoms with Crippen molar-refractivity contribution in [3.8, 4) is 0 Å². The number of hydrogen-bond acceptors (Lipinski definition) is 4. The van der Waals surface area contributed by atoms with Gasteiger partial charge in [0.05, 0.1) is 5.41 Å². The van der Waals surface area contributed by atoms with Crippen LogP contribution < -0.4 is 0 Å². The summed E-state index contributed by atoms with van der Waals surface area (Å²) in [5.41, 5.74) is -3.45. The molecular weight excluding hydrogens is 244 g/mol. The molecule has 4 nitrogen and oxygen atoms in total. The zero-order chi connectivity index (χ0) is 14.2. The van der Waals surface area contributed by atoms with Crippen molar-refractivity contribution in [3.05, 3.63) is 0 Å². The first-order chi connectivity index (χ1) is 8.71. The average Bonchev–Trinajstić information content (AvgIpc) is 2.63. The van der Waals surface area contributed by atoms with Gasteiger partial charge in [-0.25, -0.2) is 0 Å². The minimum Gasteiger partial charge on any atom is -0.381 e. The Kier molecular flexibility index (Phi) is 2.28. The molecule has 4 heteroatoms. The fourth-order valence-electron chi connectivity index (χ4n) is 5.07. The minimum atomic E-state index is -1.58. The van der Waals surface area contributed by atoms with E-state index in [0.717, 1.165) is 0 Å². The Morgan fingerprint density at radius 3 is 2.53 bits per heavy atom. The lowest BCUT2D eigenvalue weighted by molar-refractivity contribution is -0.177. The van der Waals surface area contributed by atoms with Crippen molar-refractivity contribution in [2.75, 3.05) is 0 Å². The summed E-state index contributed by atoms with van der Waals surface area (Å²) in [6.45, 7) is 5.49. The normalized spacial score (nSPS) is 56.3. The lowest BCUT2D eigenvalue weighted by Crippen LogP contribution is -2.61. The zero-order valence-electron chi connectivity index (χ0n) is 11.6. The second kappa shape index (κ2) is 3.35. The number of hydrogen-bond donors (Lipinski definition) is 1. The van der Waals surface area contributed by atoms with Gasteiger partial charge >= 0.3 is 0 Å². The molecule has 3 aliphatic carbocycles. The quantitative estimate of drug-likeness (QED) is 0.721. The van der Waals surface area contributed by atoms with E-state index in [1.807, 2.05) is 13.8 Å². The maximum Gasteiger partial charge on any atom is 0.165 e. The highest BCUT2D eigenvalue weighted by Crippen LogP contribution is 2.69. The van der Waals surface area contributed by atoms with Gasteiger partial charge in [0.2, 0.25) is 0 Å². The van der Waals surface area contributed by atoms with E-state index in [1.54, 1.807) is 6.92 Å². The van der Waals surface area contributed by atoms with E-state index in [-0.39, 0.29) is 42.2 Å². The third-order valence-corrected chi connectivity index (χ3v) is 6.52. The Hall–Kier alpha value is -1.03. The fourth-order valence-corrected chi connectivity index (χ4v) is 5.07. The van der Waals surface area contributed by atoms with Gasteiger partial charge in [0.25, 0.3) is 0 Å². The van der Waals surface area contributed by atoms with Crippen LogP contribution in [0.5, 0.6) is 0 Å².